The van der Waals surface area contributed by atoms with E-state index in [1.54, 1.807) is 0 Å². The number of nitrogens with zero attached hydrogens (tertiary/aromatic N) is 3. The lowest BCUT2D eigenvalue weighted by atomic mass is 10.0. The first-order chi connectivity index (χ1) is 12.8. The Balaban J connectivity index is 0.00000392. The van der Waals surface area contributed by atoms with Gasteiger partial charge in [0.25, 0.3) is 0 Å². The highest BCUT2D eigenvalue weighted by atomic mass is 127. The zero-order valence-electron chi connectivity index (χ0n) is 18.3. The molecule has 7 nitrogen and oxygen atoms in total. The van der Waals surface area contributed by atoms with Crippen LogP contribution in [0, 0.1) is 5.92 Å². The quantitative estimate of drug-likeness (QED) is 0.339. The largest absolute Gasteiger partial charge is 0.444 e. The molecule has 0 aromatic heterocycles. The van der Waals surface area contributed by atoms with E-state index in [-0.39, 0.29) is 36.1 Å². The molecule has 2 aliphatic rings. The lowest BCUT2D eigenvalue weighted by Gasteiger charge is -2.30. The number of guanidine groups is 1. The summed E-state index contributed by atoms with van der Waals surface area (Å²) in [5.41, 5.74) is -0.468. The minimum Gasteiger partial charge on any atom is -0.444 e. The summed E-state index contributed by atoms with van der Waals surface area (Å²) in [6.45, 7) is 16.8. The Labute approximate surface area is 188 Å². The second-order valence-corrected chi connectivity index (χ2v) is 8.86. The Morgan fingerprint density at radius 1 is 1.21 bits per heavy atom. The van der Waals surface area contributed by atoms with E-state index in [1.807, 2.05) is 20.8 Å². The van der Waals surface area contributed by atoms with Crippen molar-refractivity contribution in [2.45, 2.75) is 65.5 Å². The number of aliphatic imine (C=N–C) groups is 1. The van der Waals surface area contributed by atoms with Crippen LogP contribution in [0.5, 0.6) is 0 Å². The molecule has 2 aliphatic heterocycles. The molecule has 0 radical (unpaired) electrons. The van der Waals surface area contributed by atoms with Gasteiger partial charge in [0.05, 0.1) is 12.6 Å². The second-order valence-electron chi connectivity index (χ2n) is 8.86. The average Bonchev–Trinajstić information content (AvgIpc) is 3.00. The third-order valence-electron chi connectivity index (χ3n) is 4.96. The van der Waals surface area contributed by atoms with E-state index >= 15 is 0 Å². The van der Waals surface area contributed by atoms with E-state index in [9.17, 15) is 4.79 Å². The van der Waals surface area contributed by atoms with Crippen LogP contribution >= 0.6 is 24.0 Å². The van der Waals surface area contributed by atoms with Crippen molar-refractivity contribution < 1.29 is 9.53 Å². The first kappa shape index (κ1) is 25.3. The van der Waals surface area contributed by atoms with Crippen molar-refractivity contribution in [2.75, 3.05) is 45.8 Å². The van der Waals surface area contributed by atoms with Gasteiger partial charge in [0.1, 0.15) is 5.60 Å². The van der Waals surface area contributed by atoms with Crippen molar-refractivity contribution in [3.8, 4) is 0 Å². The normalized spacial score (nSPS) is 23.9. The van der Waals surface area contributed by atoms with Gasteiger partial charge in [-0.1, -0.05) is 6.92 Å². The molecule has 0 bridgehead atoms. The Hall–Kier alpha value is -0.770. The monoisotopic (exact) mass is 509 g/mol. The fraction of sp³-hybridized carbons (Fsp3) is 0.900. The molecule has 1 amide bonds. The van der Waals surface area contributed by atoms with Crippen LogP contribution in [0.2, 0.25) is 0 Å². The van der Waals surface area contributed by atoms with Crippen molar-refractivity contribution in [1.29, 1.82) is 0 Å². The predicted octanol–water partition coefficient (Wildman–Crippen LogP) is 2.90. The predicted molar refractivity (Wildman–Crippen MR) is 126 cm³/mol. The number of hydrogen-bond donors (Lipinski definition) is 2. The third kappa shape index (κ3) is 9.15. The van der Waals surface area contributed by atoms with Crippen LogP contribution in [0.15, 0.2) is 4.99 Å². The minimum absolute atomic E-state index is 0. The van der Waals surface area contributed by atoms with Crippen LogP contribution in [-0.2, 0) is 4.74 Å². The maximum absolute atomic E-state index is 12.0. The van der Waals surface area contributed by atoms with Gasteiger partial charge in [-0.3, -0.25) is 4.99 Å². The molecule has 0 aromatic rings. The van der Waals surface area contributed by atoms with Gasteiger partial charge in [-0.05, 0) is 59.4 Å². The van der Waals surface area contributed by atoms with Crippen molar-refractivity contribution >= 4 is 36.0 Å². The molecular weight excluding hydrogens is 469 g/mol. The van der Waals surface area contributed by atoms with E-state index in [2.05, 4.69) is 34.3 Å². The highest BCUT2D eigenvalue weighted by molar-refractivity contribution is 14.0. The summed E-state index contributed by atoms with van der Waals surface area (Å²) in [4.78, 5) is 21.6. The van der Waals surface area contributed by atoms with Crippen LogP contribution in [0.1, 0.15) is 53.9 Å². The molecule has 0 saturated carbocycles. The van der Waals surface area contributed by atoms with Gasteiger partial charge in [-0.25, -0.2) is 4.79 Å². The average molecular weight is 509 g/mol. The van der Waals surface area contributed by atoms with Crippen LogP contribution in [0.25, 0.3) is 0 Å². The SMILES string of the molecule is CCNC(=NCCN1CCCC(C)C1)N1CCC(NC(=O)OC(C)(C)C)C1.I. The molecule has 0 spiro atoms. The van der Waals surface area contributed by atoms with Crippen LogP contribution in [-0.4, -0.2) is 79.3 Å². The molecule has 2 atom stereocenters. The molecule has 2 N–H and O–H groups in total. The van der Waals surface area contributed by atoms with E-state index in [0.717, 1.165) is 51.0 Å². The number of rotatable bonds is 5. The first-order valence-corrected chi connectivity index (χ1v) is 10.5. The number of carbonyl (C=O) groups excluding carboxylic acids is 1. The zero-order chi connectivity index (χ0) is 19.9. The number of piperidine rings is 1. The highest BCUT2D eigenvalue weighted by Gasteiger charge is 2.28. The minimum atomic E-state index is -0.468. The topological polar surface area (TPSA) is 69.2 Å². The summed E-state index contributed by atoms with van der Waals surface area (Å²) >= 11 is 0. The summed E-state index contributed by atoms with van der Waals surface area (Å²) in [6, 6.07) is 0.103. The van der Waals surface area contributed by atoms with Crippen LogP contribution in [0.4, 0.5) is 4.79 Å². The lowest BCUT2D eigenvalue weighted by molar-refractivity contribution is 0.0507. The molecule has 2 rings (SSSR count). The van der Waals surface area contributed by atoms with Crippen molar-refractivity contribution in [2.24, 2.45) is 10.9 Å². The smallest absolute Gasteiger partial charge is 0.407 e. The number of ether oxygens (including phenoxy) is 1. The molecule has 0 aromatic carbocycles. The number of hydrogen-bond acceptors (Lipinski definition) is 4. The molecule has 2 saturated heterocycles. The van der Waals surface area contributed by atoms with E-state index in [1.165, 1.54) is 25.9 Å². The fourth-order valence-corrected chi connectivity index (χ4v) is 3.76. The maximum Gasteiger partial charge on any atom is 0.407 e. The molecule has 0 aliphatic carbocycles. The van der Waals surface area contributed by atoms with Crippen molar-refractivity contribution in [3.63, 3.8) is 0 Å². The number of nitrogens with one attached hydrogen (secondary N) is 2. The molecule has 28 heavy (non-hydrogen) atoms. The number of amides is 1. The standard InChI is InChI=1S/C20H39N5O2.HI/c1-6-21-18(22-10-13-24-11-7-8-16(2)14-24)25-12-9-17(15-25)23-19(26)27-20(3,4)5;/h16-17H,6-15H2,1-5H3,(H,21,22)(H,23,26);1H. The Morgan fingerprint density at radius 2 is 1.96 bits per heavy atom. The zero-order valence-corrected chi connectivity index (χ0v) is 20.6. The molecule has 8 heteroatoms. The Kier molecular flexibility index (Phi) is 10.9. The van der Waals surface area contributed by atoms with Gasteiger partial charge < -0.3 is 25.2 Å². The van der Waals surface area contributed by atoms with E-state index in [0.29, 0.717) is 0 Å². The van der Waals surface area contributed by atoms with Gasteiger partial charge in [0.2, 0.25) is 0 Å². The first-order valence-electron chi connectivity index (χ1n) is 10.5. The van der Waals surface area contributed by atoms with Gasteiger partial charge in [0.15, 0.2) is 5.96 Å². The summed E-state index contributed by atoms with van der Waals surface area (Å²) < 4.78 is 5.36. The van der Waals surface area contributed by atoms with Crippen LogP contribution < -0.4 is 10.6 Å². The number of halogens is 1. The molecule has 164 valence electrons. The van der Waals surface area contributed by atoms with E-state index in [4.69, 9.17) is 9.73 Å². The van der Waals surface area contributed by atoms with Crippen LogP contribution in [0.3, 0.4) is 0 Å². The summed E-state index contributed by atoms with van der Waals surface area (Å²) in [5.74, 6) is 1.75. The fourth-order valence-electron chi connectivity index (χ4n) is 3.76. The number of carbonyl (C=O) groups is 1. The Morgan fingerprint density at radius 3 is 2.61 bits per heavy atom. The Bertz CT molecular complexity index is 509. The number of likely N-dealkylation sites (tertiary alicyclic amines) is 2. The summed E-state index contributed by atoms with van der Waals surface area (Å²) in [7, 11) is 0. The molecule has 2 unspecified atom stereocenters. The maximum atomic E-state index is 12.0. The highest BCUT2D eigenvalue weighted by Crippen LogP contribution is 2.15. The van der Waals surface area contributed by atoms with Crippen molar-refractivity contribution in [1.82, 2.24) is 20.4 Å². The van der Waals surface area contributed by atoms with E-state index < -0.39 is 5.60 Å². The van der Waals surface area contributed by atoms with Gasteiger partial charge in [0, 0.05) is 32.7 Å². The van der Waals surface area contributed by atoms with Gasteiger partial charge in [-0.2, -0.15) is 0 Å². The van der Waals surface area contributed by atoms with Gasteiger partial charge >= 0.3 is 6.09 Å². The lowest BCUT2D eigenvalue weighted by Crippen LogP contribution is -2.44. The summed E-state index contributed by atoms with van der Waals surface area (Å²) in [6.07, 6.45) is 3.22. The molecular formula is C20H40IN5O2. The van der Waals surface area contributed by atoms with Crippen molar-refractivity contribution in [3.05, 3.63) is 0 Å². The molecule has 2 heterocycles. The number of alkyl carbamates (subject to hydrolysis) is 1. The molecule has 2 fully saturated rings. The third-order valence-corrected chi connectivity index (χ3v) is 4.96. The summed E-state index contributed by atoms with van der Waals surface area (Å²) in [5, 5.41) is 6.38. The van der Waals surface area contributed by atoms with Gasteiger partial charge in [-0.15, -0.1) is 24.0 Å². The second kappa shape index (κ2) is 12.0.